The molecule has 32 heteroatoms. The number of aliphatic hydroxyl groups is 9. The molecule has 2 aliphatic carbocycles. The van der Waals surface area contributed by atoms with Crippen molar-refractivity contribution in [3.8, 4) is 62.1 Å². The number of para-hydroxylation sites is 4. The van der Waals surface area contributed by atoms with Gasteiger partial charge in [0, 0.05) is 74.5 Å². The number of nitrogens with zero attached hydrogens (tertiary/aromatic N) is 2. The van der Waals surface area contributed by atoms with Crippen LogP contribution in [0.1, 0.15) is 26.3 Å². The number of aromatic carboxylic acids is 2. The Bertz CT molecular complexity index is 4590. The zero-order chi connectivity index (χ0) is 70.7. The fraction of sp³-hybridized carbons (Fsp3) is 0.200. The van der Waals surface area contributed by atoms with Gasteiger partial charge in [0.25, 0.3) is 0 Å². The van der Waals surface area contributed by atoms with E-state index in [0.717, 1.165) is 16.5 Å². The number of nitro groups is 2. The summed E-state index contributed by atoms with van der Waals surface area (Å²) >= 11 is 0. The molecule has 10 unspecified atom stereocenters. The second-order valence-corrected chi connectivity index (χ2v) is 22.2. The molecule has 508 valence electrons. The van der Waals surface area contributed by atoms with E-state index in [1.54, 1.807) is 42.5 Å². The molecule has 2 fully saturated rings. The second kappa shape index (κ2) is 31.4. The quantitative estimate of drug-likeness (QED) is 0.0356. The monoisotopic (exact) mass is 1360 g/mol. The lowest BCUT2D eigenvalue weighted by molar-refractivity contribution is -0.387. The molecule has 6 aromatic carbocycles. The average Bonchev–Trinajstić information content (AvgIpc) is 0.752. The van der Waals surface area contributed by atoms with Gasteiger partial charge in [-0.3, -0.25) is 29.8 Å². The number of phenols is 1. The highest BCUT2D eigenvalue weighted by atomic mass is 31.2. The molecule has 12 rings (SSSR count). The molecular formula is C65H55N2O29P-4. The number of rotatable bonds is 12. The third kappa shape index (κ3) is 17.2. The Labute approximate surface area is 544 Å². The van der Waals surface area contributed by atoms with Gasteiger partial charge in [0.15, 0.2) is 28.6 Å². The minimum Gasteiger partial charge on any atom is -0.780 e. The number of aromatic hydroxyl groups is 1. The highest BCUT2D eigenvalue weighted by molar-refractivity contribution is 7.43. The molecule has 0 amide bonds. The average molecular weight is 1360 g/mol. The van der Waals surface area contributed by atoms with Gasteiger partial charge >= 0.3 is 11.4 Å². The van der Waals surface area contributed by atoms with Gasteiger partial charge in [0.05, 0.1) is 35.0 Å². The van der Waals surface area contributed by atoms with Crippen LogP contribution in [0.4, 0.5) is 11.4 Å². The number of nitro benzene ring substituents is 2. The Morgan fingerprint density at radius 2 is 0.979 bits per heavy atom. The Morgan fingerprint density at radius 1 is 0.526 bits per heavy atom. The molecule has 0 bridgehead atoms. The first-order chi connectivity index (χ1) is 46.0. The molecular weight excluding hydrogens is 1300 g/mol. The van der Waals surface area contributed by atoms with Crippen molar-refractivity contribution in [3.05, 3.63) is 227 Å². The van der Waals surface area contributed by atoms with E-state index in [1.807, 2.05) is 25.1 Å². The molecule has 10 N–H and O–H groups in total. The van der Waals surface area contributed by atoms with Crippen molar-refractivity contribution >= 4 is 53.1 Å². The van der Waals surface area contributed by atoms with Gasteiger partial charge in [0.2, 0.25) is 6.29 Å². The van der Waals surface area contributed by atoms with Crippen LogP contribution >= 0.6 is 7.82 Å². The molecule has 97 heavy (non-hydrogen) atoms. The van der Waals surface area contributed by atoms with Gasteiger partial charge in [0.1, 0.15) is 85.1 Å². The van der Waals surface area contributed by atoms with Crippen molar-refractivity contribution < 1.29 is 123 Å². The maximum Gasteiger partial charge on any atom is 0.311 e. The molecule has 4 heterocycles. The largest absolute Gasteiger partial charge is 0.780 e. The molecule has 6 aromatic rings. The van der Waals surface area contributed by atoms with Crippen LogP contribution in [0, 0.1) is 27.2 Å². The molecule has 6 aliphatic rings. The smallest absolute Gasteiger partial charge is 0.311 e. The molecule has 0 radical (unpaired) electrons. The summed E-state index contributed by atoms with van der Waals surface area (Å²) in [6.45, 7) is 0.807. The summed E-state index contributed by atoms with van der Waals surface area (Å²) in [5, 5.41) is 137. The van der Waals surface area contributed by atoms with Crippen LogP contribution in [0.3, 0.4) is 0 Å². The summed E-state index contributed by atoms with van der Waals surface area (Å²) in [7, 11) is -5.29. The molecule has 2 saturated heterocycles. The molecule has 0 spiro atoms. The van der Waals surface area contributed by atoms with E-state index in [0.29, 0.717) is 44.5 Å². The lowest BCUT2D eigenvalue weighted by Crippen LogP contribution is -2.60. The summed E-state index contributed by atoms with van der Waals surface area (Å²) in [6, 6.07) is 42.0. The highest BCUT2D eigenvalue weighted by Crippen LogP contribution is 2.44. The van der Waals surface area contributed by atoms with Crippen LogP contribution in [0.15, 0.2) is 188 Å². The minimum atomic E-state index is -5.29. The number of hydrogen-bond acceptors (Lipinski definition) is 29. The standard InChI is InChI=1S/C21H14O4.C20H13O8P.C12H15NO8.C6H5NO3.C6H12O6/c1-12-6-8-16-18(10-12)25-19-11-13(22)7-9-17(19)20(16)14-4-2-3-5-15(14)21(23)24;21-11-5-7-15-17(9-11)27-18-10-12(28-29(24,25)26)6-8-16(18)19(15)13-3-1-2-4-14(13)20(22)23;14-5-8-9(15)10(16)11(17)12(21-8)20-7-4-2-1-3-6(7)13(18)19;8-6-4-2-1-3-5(6)7(9)10;7-1-2-3(8)4(9)5(10)6(11)12-2/h2-11H,1H3,(H,23,24);1-10H,(H,22,23)(H2,24,25,26);1-4,8-12,14-17H,5H2;1-4,8H;2-11H,1H2/p-4. The van der Waals surface area contributed by atoms with E-state index in [2.05, 4.69) is 9.26 Å². The molecule has 31 nitrogen and oxygen atoms in total. The van der Waals surface area contributed by atoms with Crippen molar-refractivity contribution in [2.75, 3.05) is 13.2 Å². The Balaban J connectivity index is 0.000000162. The second-order valence-electron chi connectivity index (χ2n) is 21.1. The first-order valence-corrected chi connectivity index (χ1v) is 29.9. The van der Waals surface area contributed by atoms with E-state index in [9.17, 15) is 79.3 Å². The summed E-state index contributed by atoms with van der Waals surface area (Å²) < 4.78 is 41.8. The molecule has 4 aliphatic heterocycles. The number of phosphoric ester groups is 1. The van der Waals surface area contributed by atoms with E-state index in [-0.39, 0.29) is 62.0 Å². The van der Waals surface area contributed by atoms with Crippen molar-refractivity contribution in [1.29, 1.82) is 0 Å². The summed E-state index contributed by atoms with van der Waals surface area (Å²) in [5.41, 5.74) is 3.80. The lowest BCUT2D eigenvalue weighted by Gasteiger charge is -2.39. The normalized spacial score (nSPS) is 20.5. The Morgan fingerprint density at radius 3 is 1.46 bits per heavy atom. The van der Waals surface area contributed by atoms with E-state index in [1.165, 1.54) is 109 Å². The molecule has 10 atom stereocenters. The van der Waals surface area contributed by atoms with Crippen molar-refractivity contribution in [3.63, 3.8) is 0 Å². The number of aryl methyl sites for hydroxylation is 1. The number of fused-ring (bicyclic) bond motifs is 4. The predicted octanol–water partition coefficient (Wildman–Crippen LogP) is 1.23. The van der Waals surface area contributed by atoms with Crippen LogP contribution in [0.5, 0.6) is 17.2 Å². The van der Waals surface area contributed by atoms with Gasteiger partial charge in [-0.25, -0.2) is 0 Å². The third-order valence-corrected chi connectivity index (χ3v) is 15.1. The summed E-state index contributed by atoms with van der Waals surface area (Å²) in [4.78, 5) is 88.2. The topological polar surface area (TPSA) is 529 Å². The molecule has 0 aromatic heterocycles. The van der Waals surface area contributed by atoms with Gasteiger partial charge in [-0.2, -0.15) is 0 Å². The number of aliphatic hydroxyl groups excluding tert-OH is 9. The van der Waals surface area contributed by atoms with E-state index in [4.69, 9.17) is 54.1 Å². The first-order valence-electron chi connectivity index (χ1n) is 28.4. The zero-order valence-electron chi connectivity index (χ0n) is 49.9. The van der Waals surface area contributed by atoms with Gasteiger partial charge in [-0.15, -0.1) is 0 Å². The number of hydrogen-bond donors (Lipinski definition) is 10. The van der Waals surface area contributed by atoms with Crippen LogP contribution < -0.4 is 40.1 Å². The van der Waals surface area contributed by atoms with Crippen LogP contribution in [-0.2, 0) is 14.0 Å². The van der Waals surface area contributed by atoms with Crippen LogP contribution in [-0.4, -0.2) is 147 Å². The number of benzene rings is 8. The number of ether oxygens (including phenoxy) is 3. The first kappa shape index (κ1) is 72.4. The van der Waals surface area contributed by atoms with Crippen molar-refractivity contribution in [2.24, 2.45) is 0 Å². The van der Waals surface area contributed by atoms with Crippen LogP contribution in [0.25, 0.3) is 66.8 Å². The minimum absolute atomic E-state index is 0.0727. The van der Waals surface area contributed by atoms with Gasteiger partial charge in [-0.1, -0.05) is 84.9 Å². The van der Waals surface area contributed by atoms with Crippen molar-refractivity contribution in [1.82, 2.24) is 0 Å². The van der Waals surface area contributed by atoms with Crippen molar-refractivity contribution in [2.45, 2.75) is 68.3 Å². The van der Waals surface area contributed by atoms with Crippen LogP contribution in [0.2, 0.25) is 0 Å². The predicted molar refractivity (Wildman–Crippen MR) is 329 cm³/mol. The zero-order valence-corrected chi connectivity index (χ0v) is 50.8. The van der Waals surface area contributed by atoms with Gasteiger partial charge in [-0.05, 0) is 78.2 Å². The number of carboxylic acid groups (broad SMARTS) is 2. The summed E-state index contributed by atoms with van der Waals surface area (Å²) in [5.74, 6) is -2.79. The van der Waals surface area contributed by atoms with Gasteiger partial charge < -0.3 is 113 Å². The maximum atomic E-state index is 11.8. The lowest BCUT2D eigenvalue weighted by atomic mass is 9.90. The Hall–Kier alpha value is -10.4. The summed E-state index contributed by atoms with van der Waals surface area (Å²) in [6.07, 6.45) is -14.4. The number of carbonyl (C=O) groups is 2. The van der Waals surface area contributed by atoms with E-state index < -0.39 is 104 Å². The molecule has 0 saturated carbocycles. The Kier molecular flexibility index (Phi) is 23.4. The van der Waals surface area contributed by atoms with E-state index >= 15 is 0 Å². The highest BCUT2D eigenvalue weighted by Gasteiger charge is 2.45. The fourth-order valence-corrected chi connectivity index (χ4v) is 10.4. The fourth-order valence-electron chi connectivity index (χ4n) is 10.1. The number of carbonyl (C=O) groups excluding carboxylic acids is 2. The number of carboxylic acids is 2. The number of phosphoric acid groups is 1. The SMILES string of the molecule is Cc1ccc2c(-c3ccccc3C(=O)[O-])c3ccc(=O)cc-3oc2c1.O=C([O-])c1ccccc1-c1c2ccc(=O)cc-2oc2cc(OP(=O)([O-])[O-])ccc12.O=[N+]([O-])c1ccccc1O.O=[N+]([O-])c1ccccc1OC1OC(CO)C(O)C(O)C1O.OCC1OC(O)C(O)C(O)C1O. The number of phenolic OH excluding ortho intramolecular Hbond substituents is 1. The maximum absolute atomic E-state index is 11.8. The third-order valence-electron chi connectivity index (χ3n) is 14.7.